The highest BCUT2D eigenvalue weighted by Gasteiger charge is 2.26. The molecule has 90 valence electrons. The number of methoxy groups -OCH3 is 1. The van der Waals surface area contributed by atoms with Crippen molar-refractivity contribution in [2.24, 2.45) is 11.1 Å². The van der Waals surface area contributed by atoms with Crippen molar-refractivity contribution in [2.75, 3.05) is 26.7 Å². The smallest absolute Gasteiger partial charge is 0.0817 e. The topological polar surface area (TPSA) is 47.3 Å². The molecule has 0 amide bonds. The summed E-state index contributed by atoms with van der Waals surface area (Å²) >= 11 is 0. The van der Waals surface area contributed by atoms with E-state index in [0.29, 0.717) is 12.0 Å². The largest absolute Gasteiger partial charge is 0.379 e. The van der Waals surface area contributed by atoms with Crippen molar-refractivity contribution in [1.29, 1.82) is 0 Å². The lowest BCUT2D eigenvalue weighted by Crippen LogP contribution is -2.40. The molecule has 1 saturated carbocycles. The second-order valence-corrected chi connectivity index (χ2v) is 5.10. The molecule has 15 heavy (non-hydrogen) atoms. The molecule has 1 unspecified atom stereocenters. The average molecular weight is 214 g/mol. The van der Waals surface area contributed by atoms with Crippen LogP contribution >= 0.6 is 0 Å². The summed E-state index contributed by atoms with van der Waals surface area (Å²) in [4.78, 5) is 0. The first-order valence-corrected chi connectivity index (χ1v) is 6.14. The Kier molecular flexibility index (Phi) is 5.58. The van der Waals surface area contributed by atoms with Crippen molar-refractivity contribution in [1.82, 2.24) is 5.32 Å². The van der Waals surface area contributed by atoms with Gasteiger partial charge in [-0.05, 0) is 18.3 Å². The molecule has 0 radical (unpaired) electrons. The van der Waals surface area contributed by atoms with Crippen LogP contribution in [0.3, 0.4) is 0 Å². The minimum Gasteiger partial charge on any atom is -0.379 e. The number of nitrogens with one attached hydrogen (secondary N) is 1. The van der Waals surface area contributed by atoms with Gasteiger partial charge in [0.2, 0.25) is 0 Å². The molecule has 3 N–H and O–H groups in total. The van der Waals surface area contributed by atoms with Crippen LogP contribution in [0, 0.1) is 5.41 Å². The fraction of sp³-hybridized carbons (Fsp3) is 1.00. The number of ether oxygens (including phenoxy) is 1. The maximum Gasteiger partial charge on any atom is 0.0817 e. The Morgan fingerprint density at radius 3 is 2.53 bits per heavy atom. The zero-order chi connectivity index (χ0) is 11.1. The van der Waals surface area contributed by atoms with Crippen molar-refractivity contribution in [2.45, 2.75) is 45.1 Å². The predicted octanol–water partition coefficient (Wildman–Crippen LogP) is 1.52. The van der Waals surface area contributed by atoms with E-state index in [2.05, 4.69) is 12.2 Å². The van der Waals surface area contributed by atoms with E-state index in [4.69, 9.17) is 10.5 Å². The van der Waals surface area contributed by atoms with Gasteiger partial charge >= 0.3 is 0 Å². The third kappa shape index (κ3) is 4.49. The van der Waals surface area contributed by atoms with Gasteiger partial charge in [-0.3, -0.25) is 0 Å². The fourth-order valence-corrected chi connectivity index (χ4v) is 2.38. The molecule has 1 aliphatic carbocycles. The van der Waals surface area contributed by atoms with E-state index in [1.165, 1.54) is 32.1 Å². The van der Waals surface area contributed by atoms with E-state index in [-0.39, 0.29) is 6.10 Å². The first-order valence-electron chi connectivity index (χ1n) is 6.14. The van der Waals surface area contributed by atoms with Crippen LogP contribution in [0.25, 0.3) is 0 Å². The standard InChI is InChI=1S/C12H26N2O/c1-12(6-4-3-5-7-12)10-14-9-11(8-13)15-2/h11,14H,3-10,13H2,1-2H3. The Balaban J connectivity index is 2.17. The number of rotatable bonds is 6. The molecule has 0 bridgehead atoms. The van der Waals surface area contributed by atoms with Gasteiger partial charge in [0.15, 0.2) is 0 Å². The van der Waals surface area contributed by atoms with Crippen molar-refractivity contribution >= 4 is 0 Å². The molecule has 1 aliphatic rings. The molecule has 3 heteroatoms. The summed E-state index contributed by atoms with van der Waals surface area (Å²) in [7, 11) is 1.72. The highest BCUT2D eigenvalue weighted by molar-refractivity contribution is 4.81. The highest BCUT2D eigenvalue weighted by Crippen LogP contribution is 2.34. The summed E-state index contributed by atoms with van der Waals surface area (Å²) in [6, 6.07) is 0. The van der Waals surface area contributed by atoms with Crippen LogP contribution in [-0.4, -0.2) is 32.8 Å². The second-order valence-electron chi connectivity index (χ2n) is 5.10. The average Bonchev–Trinajstić information content (AvgIpc) is 2.25. The summed E-state index contributed by atoms with van der Waals surface area (Å²) in [5.74, 6) is 0. The third-order valence-electron chi connectivity index (χ3n) is 3.58. The fourth-order valence-electron chi connectivity index (χ4n) is 2.38. The molecule has 0 saturated heterocycles. The molecule has 1 rings (SSSR count). The lowest BCUT2D eigenvalue weighted by molar-refractivity contribution is 0.102. The van der Waals surface area contributed by atoms with Crippen LogP contribution in [0.15, 0.2) is 0 Å². The molecule has 0 spiro atoms. The number of hydrogen-bond donors (Lipinski definition) is 2. The van der Waals surface area contributed by atoms with E-state index in [1.54, 1.807) is 7.11 Å². The van der Waals surface area contributed by atoms with Crippen molar-refractivity contribution in [3.05, 3.63) is 0 Å². The van der Waals surface area contributed by atoms with Gasteiger partial charge in [0, 0.05) is 26.7 Å². The van der Waals surface area contributed by atoms with Crippen LogP contribution in [0.2, 0.25) is 0 Å². The Morgan fingerprint density at radius 1 is 1.33 bits per heavy atom. The zero-order valence-electron chi connectivity index (χ0n) is 10.2. The van der Waals surface area contributed by atoms with Crippen LogP contribution in [0.1, 0.15) is 39.0 Å². The van der Waals surface area contributed by atoms with Gasteiger partial charge in [0.25, 0.3) is 0 Å². The summed E-state index contributed by atoms with van der Waals surface area (Å²) in [5, 5.41) is 3.49. The molecule has 0 aliphatic heterocycles. The highest BCUT2D eigenvalue weighted by atomic mass is 16.5. The van der Waals surface area contributed by atoms with Gasteiger partial charge < -0.3 is 15.8 Å². The van der Waals surface area contributed by atoms with Gasteiger partial charge in [0.1, 0.15) is 0 Å². The van der Waals surface area contributed by atoms with Gasteiger partial charge in [-0.2, -0.15) is 0 Å². The van der Waals surface area contributed by atoms with Crippen molar-refractivity contribution in [3.8, 4) is 0 Å². The Bertz CT molecular complexity index is 163. The summed E-state index contributed by atoms with van der Waals surface area (Å²) < 4.78 is 5.23. The predicted molar refractivity (Wildman–Crippen MR) is 63.9 cm³/mol. The summed E-state index contributed by atoms with van der Waals surface area (Å²) in [6.45, 7) is 4.97. The van der Waals surface area contributed by atoms with E-state index < -0.39 is 0 Å². The van der Waals surface area contributed by atoms with Gasteiger partial charge in [-0.25, -0.2) is 0 Å². The molecule has 1 fully saturated rings. The lowest BCUT2D eigenvalue weighted by Gasteiger charge is -2.34. The normalized spacial score (nSPS) is 22.6. The van der Waals surface area contributed by atoms with Gasteiger partial charge in [-0.15, -0.1) is 0 Å². The number of nitrogens with two attached hydrogens (primary N) is 1. The molecule has 3 nitrogen and oxygen atoms in total. The van der Waals surface area contributed by atoms with E-state index in [0.717, 1.165) is 13.1 Å². The molecule has 1 atom stereocenters. The van der Waals surface area contributed by atoms with Crippen LogP contribution in [0.4, 0.5) is 0 Å². The molecular formula is C12H26N2O. The monoisotopic (exact) mass is 214 g/mol. The van der Waals surface area contributed by atoms with Crippen LogP contribution in [-0.2, 0) is 4.74 Å². The maximum absolute atomic E-state index is 5.57. The molecular weight excluding hydrogens is 188 g/mol. The molecule has 0 aromatic carbocycles. The number of hydrogen-bond acceptors (Lipinski definition) is 3. The van der Waals surface area contributed by atoms with Crippen molar-refractivity contribution < 1.29 is 4.74 Å². The Labute approximate surface area is 93.8 Å². The lowest BCUT2D eigenvalue weighted by atomic mass is 9.76. The van der Waals surface area contributed by atoms with Crippen LogP contribution in [0.5, 0.6) is 0 Å². The molecule has 0 heterocycles. The Hall–Kier alpha value is -0.120. The quantitative estimate of drug-likeness (QED) is 0.705. The SMILES string of the molecule is COC(CN)CNCC1(C)CCCCC1. The summed E-state index contributed by atoms with van der Waals surface area (Å²) in [6.07, 6.45) is 7.09. The first-order chi connectivity index (χ1) is 7.20. The van der Waals surface area contributed by atoms with Crippen LogP contribution < -0.4 is 11.1 Å². The molecule has 0 aromatic rings. The minimum absolute atomic E-state index is 0.164. The van der Waals surface area contributed by atoms with E-state index in [9.17, 15) is 0 Å². The van der Waals surface area contributed by atoms with Gasteiger partial charge in [0.05, 0.1) is 6.10 Å². The third-order valence-corrected chi connectivity index (χ3v) is 3.58. The maximum atomic E-state index is 5.57. The molecule has 0 aromatic heterocycles. The van der Waals surface area contributed by atoms with Crippen molar-refractivity contribution in [3.63, 3.8) is 0 Å². The minimum atomic E-state index is 0.164. The first kappa shape index (κ1) is 12.9. The second kappa shape index (κ2) is 6.46. The van der Waals surface area contributed by atoms with Gasteiger partial charge in [-0.1, -0.05) is 26.2 Å². The Morgan fingerprint density at radius 2 is 2.00 bits per heavy atom. The van der Waals surface area contributed by atoms with E-state index in [1.807, 2.05) is 0 Å². The van der Waals surface area contributed by atoms with E-state index >= 15 is 0 Å². The zero-order valence-corrected chi connectivity index (χ0v) is 10.2. The summed E-state index contributed by atoms with van der Waals surface area (Å²) in [5.41, 5.74) is 6.08.